The molecular formula is C17H16FNO2. The number of rotatable bonds is 5. The molecule has 0 aliphatic heterocycles. The quantitative estimate of drug-likeness (QED) is 0.277. The van der Waals surface area contributed by atoms with Gasteiger partial charge in [0.05, 0.1) is 6.42 Å². The number of nitrogens with zero attached hydrogens (tertiary/aromatic N) is 1. The molecule has 0 unspecified atom stereocenters. The van der Waals surface area contributed by atoms with E-state index in [1.54, 1.807) is 6.92 Å². The van der Waals surface area contributed by atoms with Crippen molar-refractivity contribution in [3.63, 3.8) is 0 Å². The molecule has 21 heavy (non-hydrogen) atoms. The van der Waals surface area contributed by atoms with Crippen molar-refractivity contribution in [2.24, 2.45) is 0 Å². The predicted molar refractivity (Wildman–Crippen MR) is 79.8 cm³/mol. The number of hydrogen-bond donors (Lipinski definition) is 0. The van der Waals surface area contributed by atoms with Gasteiger partial charge in [-0.2, -0.15) is 0 Å². The highest BCUT2D eigenvalue weighted by molar-refractivity contribution is 6.07. The molecule has 0 aliphatic rings. The Morgan fingerprint density at radius 2 is 1.71 bits per heavy atom. The van der Waals surface area contributed by atoms with E-state index in [4.69, 9.17) is 0 Å². The molecule has 108 valence electrons. The van der Waals surface area contributed by atoms with Crippen LogP contribution in [-0.2, 0) is 6.54 Å². The molecule has 2 rings (SSSR count). The number of halogens is 1. The molecule has 0 aliphatic carbocycles. The van der Waals surface area contributed by atoms with Crippen LogP contribution in [0, 0.1) is 11.0 Å². The maximum absolute atomic E-state index is 12.8. The van der Waals surface area contributed by atoms with E-state index < -0.39 is 0 Å². The van der Waals surface area contributed by atoms with Crippen LogP contribution in [0.3, 0.4) is 0 Å². The van der Waals surface area contributed by atoms with Gasteiger partial charge < -0.3 is 5.21 Å². The Hall–Kier alpha value is -2.49. The molecule has 0 spiro atoms. The van der Waals surface area contributed by atoms with E-state index >= 15 is 0 Å². The van der Waals surface area contributed by atoms with Crippen molar-refractivity contribution in [1.82, 2.24) is 0 Å². The van der Waals surface area contributed by atoms with E-state index in [0.29, 0.717) is 11.3 Å². The largest absolute Gasteiger partial charge is 0.624 e. The number of benzene rings is 2. The van der Waals surface area contributed by atoms with Gasteiger partial charge in [-0.25, -0.2) is 9.13 Å². The van der Waals surface area contributed by atoms with E-state index in [9.17, 15) is 14.4 Å². The molecule has 2 aromatic rings. The van der Waals surface area contributed by atoms with Crippen LogP contribution in [0.5, 0.6) is 0 Å². The van der Waals surface area contributed by atoms with Crippen LogP contribution in [0.4, 0.5) is 4.39 Å². The summed E-state index contributed by atoms with van der Waals surface area (Å²) in [5.74, 6) is -0.580. The van der Waals surface area contributed by atoms with E-state index in [1.165, 1.54) is 24.3 Å². The van der Waals surface area contributed by atoms with Gasteiger partial charge in [-0.15, -0.1) is 0 Å². The van der Waals surface area contributed by atoms with Crippen LogP contribution in [0.25, 0.3) is 0 Å². The van der Waals surface area contributed by atoms with E-state index in [0.717, 1.165) is 10.3 Å². The summed E-state index contributed by atoms with van der Waals surface area (Å²) in [6.45, 7) is 1.85. The molecule has 0 radical (unpaired) electrons. The first-order chi connectivity index (χ1) is 10.1. The maximum atomic E-state index is 12.8. The summed E-state index contributed by atoms with van der Waals surface area (Å²) < 4.78 is 13.6. The third-order valence-corrected chi connectivity index (χ3v) is 3.18. The van der Waals surface area contributed by atoms with Gasteiger partial charge in [0, 0.05) is 18.1 Å². The van der Waals surface area contributed by atoms with Gasteiger partial charge in [-0.05, 0) is 24.3 Å². The number of carbonyl (C=O) groups is 1. The van der Waals surface area contributed by atoms with Gasteiger partial charge in [0.2, 0.25) is 0 Å². The lowest BCUT2D eigenvalue weighted by Gasteiger charge is -2.08. The van der Waals surface area contributed by atoms with Gasteiger partial charge >= 0.3 is 0 Å². The number of carbonyl (C=O) groups excluding carboxylic acids is 1. The SMILES string of the molecule is C/C(CC(=O)c1ccc(F)cc1)=[N+](/[O-])Cc1ccccc1. The van der Waals surface area contributed by atoms with Gasteiger partial charge in [0.25, 0.3) is 0 Å². The van der Waals surface area contributed by atoms with Gasteiger partial charge in [0.1, 0.15) is 5.82 Å². The Morgan fingerprint density at radius 1 is 1.10 bits per heavy atom. The number of Topliss-reactive ketones (excluding diaryl/α,β-unsaturated/α-hetero) is 1. The average Bonchev–Trinajstić information content (AvgIpc) is 2.48. The molecule has 0 fully saturated rings. The predicted octanol–water partition coefficient (Wildman–Crippen LogP) is 3.57. The van der Waals surface area contributed by atoms with Crippen molar-refractivity contribution in [3.8, 4) is 0 Å². The zero-order valence-electron chi connectivity index (χ0n) is 11.8. The molecule has 0 heterocycles. The Kier molecular flexibility index (Phi) is 4.82. The molecule has 2 aromatic carbocycles. The minimum atomic E-state index is -0.387. The van der Waals surface area contributed by atoms with E-state index in [2.05, 4.69) is 0 Å². The zero-order chi connectivity index (χ0) is 15.2. The molecule has 0 bridgehead atoms. The fraction of sp³-hybridized carbons (Fsp3) is 0.176. The summed E-state index contributed by atoms with van der Waals surface area (Å²) in [5.41, 5.74) is 1.73. The zero-order valence-corrected chi connectivity index (χ0v) is 11.8. The number of hydrogen-bond acceptors (Lipinski definition) is 2. The summed E-state index contributed by atoms with van der Waals surface area (Å²) in [6, 6.07) is 14.7. The highest BCUT2D eigenvalue weighted by atomic mass is 19.1. The summed E-state index contributed by atoms with van der Waals surface area (Å²) in [6.07, 6.45) is 0.0297. The molecule has 0 amide bonds. The highest BCUT2D eigenvalue weighted by Crippen LogP contribution is 2.07. The van der Waals surface area contributed by atoms with Crippen LogP contribution in [0.2, 0.25) is 0 Å². The summed E-state index contributed by atoms with van der Waals surface area (Å²) in [7, 11) is 0. The van der Waals surface area contributed by atoms with Crippen LogP contribution in [-0.4, -0.2) is 16.2 Å². The van der Waals surface area contributed by atoms with Crippen LogP contribution in [0.1, 0.15) is 29.3 Å². The second kappa shape index (κ2) is 6.79. The molecule has 0 saturated carbocycles. The average molecular weight is 285 g/mol. The summed E-state index contributed by atoms with van der Waals surface area (Å²) in [5, 5.41) is 12.0. The lowest BCUT2D eigenvalue weighted by atomic mass is 10.1. The van der Waals surface area contributed by atoms with Crippen LogP contribution >= 0.6 is 0 Å². The molecule has 0 N–H and O–H groups in total. The van der Waals surface area contributed by atoms with Crippen molar-refractivity contribution in [2.75, 3.05) is 0 Å². The summed E-state index contributed by atoms with van der Waals surface area (Å²) >= 11 is 0. The molecule has 4 heteroatoms. The molecule has 0 atom stereocenters. The standard InChI is InChI=1S/C17H16FNO2/c1-13(19(21)12-14-5-3-2-4-6-14)11-17(20)15-7-9-16(18)10-8-15/h2-10H,11-12H2,1H3/b19-13-. The second-order valence-electron chi connectivity index (χ2n) is 4.86. The van der Waals surface area contributed by atoms with E-state index in [-0.39, 0.29) is 24.6 Å². The Morgan fingerprint density at radius 3 is 2.33 bits per heavy atom. The van der Waals surface area contributed by atoms with Crippen molar-refractivity contribution >= 4 is 11.5 Å². The minimum Gasteiger partial charge on any atom is -0.624 e. The second-order valence-corrected chi connectivity index (χ2v) is 4.86. The molecular weight excluding hydrogens is 269 g/mol. The van der Waals surface area contributed by atoms with Gasteiger partial charge in [-0.1, -0.05) is 30.3 Å². The fourth-order valence-corrected chi connectivity index (χ4v) is 1.94. The Bertz CT molecular complexity index is 648. The monoisotopic (exact) mass is 285 g/mol. The highest BCUT2D eigenvalue weighted by Gasteiger charge is 2.13. The third-order valence-electron chi connectivity index (χ3n) is 3.18. The van der Waals surface area contributed by atoms with Crippen LogP contribution < -0.4 is 0 Å². The van der Waals surface area contributed by atoms with Crippen LogP contribution in [0.15, 0.2) is 54.6 Å². The van der Waals surface area contributed by atoms with Crippen molar-refractivity contribution in [3.05, 3.63) is 76.7 Å². The van der Waals surface area contributed by atoms with E-state index in [1.807, 2.05) is 30.3 Å². The van der Waals surface area contributed by atoms with Crippen molar-refractivity contribution in [1.29, 1.82) is 0 Å². The Labute approximate surface area is 122 Å². The maximum Gasteiger partial charge on any atom is 0.178 e. The lowest BCUT2D eigenvalue weighted by Crippen LogP contribution is -2.16. The van der Waals surface area contributed by atoms with Gasteiger partial charge in [-0.3, -0.25) is 4.79 Å². The first kappa shape index (κ1) is 14.9. The number of ketones is 1. The topological polar surface area (TPSA) is 43.1 Å². The normalized spacial score (nSPS) is 11.9. The molecule has 3 nitrogen and oxygen atoms in total. The fourth-order valence-electron chi connectivity index (χ4n) is 1.94. The smallest absolute Gasteiger partial charge is 0.178 e. The van der Waals surface area contributed by atoms with Crippen molar-refractivity contribution in [2.45, 2.75) is 19.9 Å². The van der Waals surface area contributed by atoms with Crippen molar-refractivity contribution < 1.29 is 13.9 Å². The van der Waals surface area contributed by atoms with Gasteiger partial charge in [0.15, 0.2) is 18.0 Å². The molecule has 0 saturated heterocycles. The first-order valence-electron chi connectivity index (χ1n) is 6.66. The number of hydroxylamine groups is 1. The first-order valence-corrected chi connectivity index (χ1v) is 6.66. The Balaban J connectivity index is 2.05. The summed E-state index contributed by atoms with van der Waals surface area (Å²) in [4.78, 5) is 12.0. The molecule has 0 aromatic heterocycles. The lowest BCUT2D eigenvalue weighted by molar-refractivity contribution is -0.476. The third kappa shape index (κ3) is 4.24. The minimum absolute atomic E-state index is 0.0297.